The zero-order valence-corrected chi connectivity index (χ0v) is 10.5. The summed E-state index contributed by atoms with van der Waals surface area (Å²) < 4.78 is 0. The van der Waals surface area contributed by atoms with Gasteiger partial charge in [-0.2, -0.15) is 5.10 Å². The molecule has 1 unspecified atom stereocenters. The maximum atomic E-state index is 12.3. The molecular formula is C11H17N5O2. The van der Waals surface area contributed by atoms with E-state index in [0.717, 1.165) is 6.42 Å². The van der Waals surface area contributed by atoms with Crippen LogP contribution in [0.15, 0.2) is 0 Å². The maximum absolute atomic E-state index is 12.3. The molecule has 1 fully saturated rings. The molecule has 7 nitrogen and oxygen atoms in total. The number of H-pyrrole nitrogens is 1. The summed E-state index contributed by atoms with van der Waals surface area (Å²) in [5, 5.41) is 9.15. The first-order chi connectivity index (χ1) is 8.56. The van der Waals surface area contributed by atoms with Crippen LogP contribution in [0.1, 0.15) is 29.0 Å². The number of nitrogens with zero attached hydrogens (tertiary/aromatic N) is 2. The Kier molecular flexibility index (Phi) is 3.22. The average molecular weight is 251 g/mol. The fourth-order valence-corrected chi connectivity index (χ4v) is 2.19. The molecule has 0 aromatic carbocycles. The van der Waals surface area contributed by atoms with Crippen molar-refractivity contribution in [2.45, 2.75) is 25.8 Å². The number of aromatic nitrogens is 2. The van der Waals surface area contributed by atoms with Gasteiger partial charge in [-0.1, -0.05) is 0 Å². The highest BCUT2D eigenvalue weighted by molar-refractivity contribution is 6.00. The number of nitrogens with two attached hydrogens (primary N) is 1. The molecule has 1 aliphatic rings. The number of hydrogen-bond acceptors (Lipinski definition) is 4. The summed E-state index contributed by atoms with van der Waals surface area (Å²) in [6, 6.07) is -0.418. The normalized spacial score (nSPS) is 19.0. The molecule has 2 rings (SSSR count). The van der Waals surface area contributed by atoms with Gasteiger partial charge in [-0.05, 0) is 19.8 Å². The lowest BCUT2D eigenvalue weighted by molar-refractivity contribution is -0.124. The van der Waals surface area contributed by atoms with Crippen LogP contribution in [0.3, 0.4) is 0 Å². The van der Waals surface area contributed by atoms with Crippen LogP contribution < -0.4 is 11.1 Å². The van der Waals surface area contributed by atoms with Crippen LogP contribution in [-0.2, 0) is 4.79 Å². The Morgan fingerprint density at radius 3 is 2.83 bits per heavy atom. The summed E-state index contributed by atoms with van der Waals surface area (Å²) >= 11 is 0. The van der Waals surface area contributed by atoms with Crippen molar-refractivity contribution in [1.82, 2.24) is 20.4 Å². The number of likely N-dealkylation sites (tertiary alicyclic amines) is 1. The first kappa shape index (κ1) is 12.4. The zero-order valence-electron chi connectivity index (χ0n) is 10.5. The van der Waals surface area contributed by atoms with E-state index in [9.17, 15) is 9.59 Å². The first-order valence-corrected chi connectivity index (χ1v) is 5.89. The number of hydrogen-bond donors (Lipinski definition) is 3. The van der Waals surface area contributed by atoms with Crippen LogP contribution in [0.4, 0.5) is 5.69 Å². The van der Waals surface area contributed by atoms with Crippen molar-refractivity contribution in [3.05, 3.63) is 11.4 Å². The SMILES string of the molecule is CNC(=O)C1CCCN1C(=O)c1n[nH]c(C)c1N. The lowest BCUT2D eigenvalue weighted by Gasteiger charge is -2.22. The van der Waals surface area contributed by atoms with Crippen molar-refractivity contribution in [3.8, 4) is 0 Å². The molecule has 2 amide bonds. The number of aryl methyl sites for hydroxylation is 1. The van der Waals surface area contributed by atoms with Gasteiger partial charge in [-0.15, -0.1) is 0 Å². The van der Waals surface area contributed by atoms with E-state index in [1.54, 1.807) is 14.0 Å². The quantitative estimate of drug-likeness (QED) is 0.668. The van der Waals surface area contributed by atoms with Gasteiger partial charge in [0, 0.05) is 13.6 Å². The molecule has 1 aromatic heterocycles. The Morgan fingerprint density at radius 1 is 1.56 bits per heavy atom. The van der Waals surface area contributed by atoms with Crippen molar-refractivity contribution in [2.75, 3.05) is 19.3 Å². The fourth-order valence-electron chi connectivity index (χ4n) is 2.19. The van der Waals surface area contributed by atoms with Gasteiger partial charge in [0.1, 0.15) is 6.04 Å². The zero-order chi connectivity index (χ0) is 13.3. The second kappa shape index (κ2) is 4.67. The number of carbonyl (C=O) groups is 2. The number of likely N-dealkylation sites (N-methyl/N-ethyl adjacent to an activating group) is 1. The summed E-state index contributed by atoms with van der Waals surface area (Å²) in [7, 11) is 1.57. The van der Waals surface area contributed by atoms with Gasteiger partial charge in [-0.25, -0.2) is 0 Å². The molecule has 1 saturated heterocycles. The minimum absolute atomic E-state index is 0.147. The average Bonchev–Trinajstić information content (AvgIpc) is 2.96. The molecule has 0 saturated carbocycles. The van der Waals surface area contributed by atoms with Crippen LogP contribution in [0.5, 0.6) is 0 Å². The van der Waals surface area contributed by atoms with E-state index in [2.05, 4.69) is 15.5 Å². The Balaban J connectivity index is 2.23. The van der Waals surface area contributed by atoms with Crippen molar-refractivity contribution < 1.29 is 9.59 Å². The standard InChI is InChI=1S/C11H17N5O2/c1-6-8(12)9(15-14-6)11(18)16-5-3-4-7(16)10(17)13-2/h7H,3-5,12H2,1-2H3,(H,13,17)(H,14,15). The second-order valence-corrected chi connectivity index (χ2v) is 4.38. The van der Waals surface area contributed by atoms with Gasteiger partial charge in [0.05, 0.1) is 11.4 Å². The first-order valence-electron chi connectivity index (χ1n) is 5.89. The van der Waals surface area contributed by atoms with Crippen LogP contribution in [0.25, 0.3) is 0 Å². The highest BCUT2D eigenvalue weighted by Gasteiger charge is 2.35. The predicted molar refractivity (Wildman–Crippen MR) is 65.9 cm³/mol. The van der Waals surface area contributed by atoms with E-state index in [0.29, 0.717) is 24.3 Å². The van der Waals surface area contributed by atoms with Crippen molar-refractivity contribution >= 4 is 17.5 Å². The van der Waals surface area contributed by atoms with Crippen molar-refractivity contribution in [1.29, 1.82) is 0 Å². The molecule has 0 bridgehead atoms. The molecule has 0 spiro atoms. The van der Waals surface area contributed by atoms with Crippen LogP contribution in [-0.4, -0.2) is 46.5 Å². The van der Waals surface area contributed by atoms with Gasteiger partial charge in [0.2, 0.25) is 5.91 Å². The Bertz CT molecular complexity index is 482. The minimum Gasteiger partial charge on any atom is -0.395 e. The number of nitrogen functional groups attached to an aromatic ring is 1. The van der Waals surface area contributed by atoms with Gasteiger partial charge in [0.25, 0.3) is 5.91 Å². The maximum Gasteiger partial charge on any atom is 0.277 e. The smallest absolute Gasteiger partial charge is 0.277 e. The molecular weight excluding hydrogens is 234 g/mol. The summed E-state index contributed by atoms with van der Waals surface area (Å²) in [6.45, 7) is 2.31. The van der Waals surface area contributed by atoms with E-state index >= 15 is 0 Å². The van der Waals surface area contributed by atoms with Crippen molar-refractivity contribution in [2.24, 2.45) is 0 Å². The van der Waals surface area contributed by atoms with Crippen molar-refractivity contribution in [3.63, 3.8) is 0 Å². The van der Waals surface area contributed by atoms with Gasteiger partial charge in [-0.3, -0.25) is 14.7 Å². The molecule has 1 atom stereocenters. The molecule has 7 heteroatoms. The third-order valence-corrected chi connectivity index (χ3v) is 3.26. The number of nitrogens with one attached hydrogen (secondary N) is 2. The Hall–Kier alpha value is -2.05. The monoisotopic (exact) mass is 251 g/mol. The lowest BCUT2D eigenvalue weighted by atomic mass is 10.2. The minimum atomic E-state index is -0.418. The van der Waals surface area contributed by atoms with E-state index in [1.165, 1.54) is 4.90 Å². The number of amides is 2. The molecule has 0 aliphatic carbocycles. The Morgan fingerprint density at radius 2 is 2.28 bits per heavy atom. The number of aromatic amines is 1. The van der Waals surface area contributed by atoms with Gasteiger partial charge >= 0.3 is 0 Å². The predicted octanol–water partition coefficient (Wildman–Crippen LogP) is -0.349. The molecule has 1 aliphatic heterocycles. The van der Waals surface area contributed by atoms with E-state index in [4.69, 9.17) is 5.73 Å². The topological polar surface area (TPSA) is 104 Å². The number of carbonyl (C=O) groups excluding carboxylic acids is 2. The summed E-state index contributed by atoms with van der Waals surface area (Å²) in [4.78, 5) is 25.5. The highest BCUT2D eigenvalue weighted by Crippen LogP contribution is 2.22. The largest absolute Gasteiger partial charge is 0.395 e. The number of anilines is 1. The van der Waals surface area contributed by atoms with Crippen LogP contribution >= 0.6 is 0 Å². The third kappa shape index (κ3) is 1.92. The second-order valence-electron chi connectivity index (χ2n) is 4.38. The van der Waals surface area contributed by atoms with E-state index < -0.39 is 6.04 Å². The molecule has 2 heterocycles. The molecule has 1 aromatic rings. The van der Waals surface area contributed by atoms with Crippen LogP contribution in [0, 0.1) is 6.92 Å². The van der Waals surface area contributed by atoms with Gasteiger partial charge in [0.15, 0.2) is 5.69 Å². The molecule has 98 valence electrons. The van der Waals surface area contributed by atoms with Gasteiger partial charge < -0.3 is 16.0 Å². The fraction of sp³-hybridized carbons (Fsp3) is 0.545. The lowest BCUT2D eigenvalue weighted by Crippen LogP contribution is -2.45. The number of rotatable bonds is 2. The summed E-state index contributed by atoms with van der Waals surface area (Å²) in [5.41, 5.74) is 6.99. The highest BCUT2D eigenvalue weighted by atomic mass is 16.2. The van der Waals surface area contributed by atoms with Crippen LogP contribution in [0.2, 0.25) is 0 Å². The van der Waals surface area contributed by atoms with E-state index in [-0.39, 0.29) is 17.5 Å². The Labute approximate surface area is 105 Å². The third-order valence-electron chi connectivity index (χ3n) is 3.26. The molecule has 4 N–H and O–H groups in total. The summed E-state index contributed by atoms with van der Waals surface area (Å²) in [6.07, 6.45) is 1.49. The molecule has 18 heavy (non-hydrogen) atoms. The summed E-state index contributed by atoms with van der Waals surface area (Å²) in [5.74, 6) is -0.436. The van der Waals surface area contributed by atoms with E-state index in [1.807, 2.05) is 0 Å². The molecule has 0 radical (unpaired) electrons.